The smallest absolute Gasteiger partial charge is 0.319 e. The van der Waals surface area contributed by atoms with Gasteiger partial charge in [-0.1, -0.05) is 25.1 Å². The number of nitrogens with zero attached hydrogens (tertiary/aromatic N) is 3. The highest BCUT2D eigenvalue weighted by Crippen LogP contribution is 2.17. The van der Waals surface area contributed by atoms with Crippen molar-refractivity contribution < 1.29 is 17.6 Å². The van der Waals surface area contributed by atoms with Crippen molar-refractivity contribution in [3.8, 4) is 0 Å². The van der Waals surface area contributed by atoms with Crippen LogP contribution in [-0.2, 0) is 23.1 Å². The number of anilines is 1. The van der Waals surface area contributed by atoms with E-state index >= 15 is 4.39 Å². The highest BCUT2D eigenvalue weighted by molar-refractivity contribution is 7.89. The van der Waals surface area contributed by atoms with Crippen molar-refractivity contribution in [2.45, 2.75) is 33.4 Å². The lowest BCUT2D eigenvalue weighted by Crippen LogP contribution is -2.48. The fourth-order valence-electron chi connectivity index (χ4n) is 3.58. The largest absolute Gasteiger partial charge is 0.334 e. The number of amides is 2. The Kier molecular flexibility index (Phi) is 8.16. The molecule has 0 saturated carbocycles. The first-order valence-corrected chi connectivity index (χ1v) is 12.3. The average Bonchev–Trinajstić information content (AvgIpc) is 2.76. The minimum absolute atomic E-state index is 0.0494. The van der Waals surface area contributed by atoms with Crippen LogP contribution in [0.4, 0.5) is 14.9 Å². The summed E-state index contributed by atoms with van der Waals surface area (Å²) in [5.41, 5.74) is 2.32. The molecule has 1 aromatic carbocycles. The van der Waals surface area contributed by atoms with E-state index in [4.69, 9.17) is 0 Å². The summed E-state index contributed by atoms with van der Waals surface area (Å²) in [7, 11) is -3.20. The molecule has 0 spiro atoms. The van der Waals surface area contributed by atoms with E-state index in [1.54, 1.807) is 36.5 Å². The number of hydrogen-bond acceptors (Lipinski definition) is 5. The molecule has 2 amide bonds. The van der Waals surface area contributed by atoms with Gasteiger partial charge in [0.1, 0.15) is 5.82 Å². The first-order chi connectivity index (χ1) is 15.3. The number of piperazine rings is 1. The molecular formula is C22H30FN5O3S. The first kappa shape index (κ1) is 24.1. The Balaban J connectivity index is 1.53. The summed E-state index contributed by atoms with van der Waals surface area (Å²) in [5.74, 6) is -0.198. The Labute approximate surface area is 188 Å². The summed E-state index contributed by atoms with van der Waals surface area (Å²) in [6.45, 7) is 6.08. The standard InChI is InChI=1S/C22H30FN5O3S/c1-3-13-32(30,31)28-11-9-27(10-12-28)16-19-6-4-5-18(21(19)23)14-25-22(29)26-20-8-7-17(2)24-15-20/h4-8,15H,3,9-14,16H2,1-2H3,(H2,25,26,29). The van der Waals surface area contributed by atoms with Crippen LogP contribution in [0.1, 0.15) is 30.2 Å². The van der Waals surface area contributed by atoms with Crippen molar-refractivity contribution >= 4 is 21.7 Å². The van der Waals surface area contributed by atoms with Gasteiger partial charge in [0, 0.05) is 56.1 Å². The predicted octanol–water partition coefficient (Wildman–Crippen LogP) is 2.71. The average molecular weight is 464 g/mol. The van der Waals surface area contributed by atoms with Crippen molar-refractivity contribution in [1.29, 1.82) is 0 Å². The second kappa shape index (κ2) is 10.8. The second-order valence-corrected chi connectivity index (χ2v) is 9.97. The number of aryl methyl sites for hydroxylation is 1. The third-order valence-electron chi connectivity index (χ3n) is 5.35. The normalized spacial score (nSPS) is 15.5. The van der Waals surface area contributed by atoms with Crippen molar-refractivity contribution in [3.05, 3.63) is 59.2 Å². The molecule has 0 aliphatic carbocycles. The highest BCUT2D eigenvalue weighted by Gasteiger charge is 2.26. The molecule has 3 rings (SSSR count). The van der Waals surface area contributed by atoms with E-state index in [0.717, 1.165) is 5.69 Å². The van der Waals surface area contributed by atoms with Crippen LogP contribution in [-0.4, -0.2) is 60.6 Å². The topological polar surface area (TPSA) is 94.6 Å². The predicted molar refractivity (Wildman–Crippen MR) is 122 cm³/mol. The fourth-order valence-corrected chi connectivity index (χ4v) is 5.07. The van der Waals surface area contributed by atoms with Crippen molar-refractivity contribution in [3.63, 3.8) is 0 Å². The maximum atomic E-state index is 15.0. The molecule has 0 atom stereocenters. The molecule has 1 saturated heterocycles. The zero-order valence-electron chi connectivity index (χ0n) is 18.5. The molecule has 32 heavy (non-hydrogen) atoms. The lowest BCUT2D eigenvalue weighted by Gasteiger charge is -2.34. The summed E-state index contributed by atoms with van der Waals surface area (Å²) in [4.78, 5) is 18.3. The van der Waals surface area contributed by atoms with Gasteiger partial charge in [-0.2, -0.15) is 4.31 Å². The number of urea groups is 1. The number of pyridine rings is 1. The maximum Gasteiger partial charge on any atom is 0.319 e. The van der Waals surface area contributed by atoms with Crippen molar-refractivity contribution in [1.82, 2.24) is 19.5 Å². The van der Waals surface area contributed by atoms with Crippen LogP contribution in [0.2, 0.25) is 0 Å². The summed E-state index contributed by atoms with van der Waals surface area (Å²) >= 11 is 0. The number of halogens is 1. The van der Waals surface area contributed by atoms with Gasteiger partial charge in [-0.3, -0.25) is 9.88 Å². The van der Waals surface area contributed by atoms with E-state index in [1.807, 2.05) is 18.7 Å². The van der Waals surface area contributed by atoms with Gasteiger partial charge in [-0.25, -0.2) is 17.6 Å². The van der Waals surface area contributed by atoms with Gasteiger partial charge < -0.3 is 10.6 Å². The van der Waals surface area contributed by atoms with E-state index < -0.39 is 16.1 Å². The summed E-state index contributed by atoms with van der Waals surface area (Å²) < 4.78 is 40.9. The molecule has 2 heterocycles. The van der Waals surface area contributed by atoms with E-state index in [0.29, 0.717) is 56.0 Å². The van der Waals surface area contributed by atoms with Crippen LogP contribution in [0.25, 0.3) is 0 Å². The molecule has 10 heteroatoms. The number of benzene rings is 1. The van der Waals surface area contributed by atoms with Crippen LogP contribution in [0, 0.1) is 12.7 Å². The number of nitrogens with one attached hydrogen (secondary N) is 2. The Bertz CT molecular complexity index is 1020. The molecule has 8 nitrogen and oxygen atoms in total. The fraction of sp³-hybridized carbons (Fsp3) is 0.455. The molecule has 0 radical (unpaired) electrons. The van der Waals surface area contributed by atoms with Gasteiger partial charge in [-0.15, -0.1) is 0 Å². The zero-order chi connectivity index (χ0) is 23.1. The van der Waals surface area contributed by atoms with Crippen molar-refractivity contribution in [2.24, 2.45) is 0 Å². The van der Waals surface area contributed by atoms with Crippen LogP contribution in [0.5, 0.6) is 0 Å². The van der Waals surface area contributed by atoms with E-state index in [2.05, 4.69) is 15.6 Å². The number of aromatic nitrogens is 1. The van der Waals surface area contributed by atoms with E-state index in [-0.39, 0.29) is 18.1 Å². The van der Waals surface area contributed by atoms with Crippen molar-refractivity contribution in [2.75, 3.05) is 37.2 Å². The monoisotopic (exact) mass is 463 g/mol. The Morgan fingerprint density at radius 3 is 2.50 bits per heavy atom. The van der Waals surface area contributed by atoms with Crippen LogP contribution >= 0.6 is 0 Å². The maximum absolute atomic E-state index is 15.0. The van der Waals surface area contributed by atoms with Crippen LogP contribution < -0.4 is 10.6 Å². The lowest BCUT2D eigenvalue weighted by atomic mass is 10.1. The van der Waals surface area contributed by atoms with Gasteiger partial charge in [0.25, 0.3) is 0 Å². The number of carbonyl (C=O) groups is 1. The SMILES string of the molecule is CCCS(=O)(=O)N1CCN(Cc2cccc(CNC(=O)Nc3ccc(C)nc3)c2F)CC1. The molecular weight excluding hydrogens is 433 g/mol. The number of hydrogen-bond donors (Lipinski definition) is 2. The Morgan fingerprint density at radius 2 is 1.84 bits per heavy atom. The Morgan fingerprint density at radius 1 is 1.12 bits per heavy atom. The summed E-state index contributed by atoms with van der Waals surface area (Å²) in [6.07, 6.45) is 2.15. The molecule has 2 N–H and O–H groups in total. The first-order valence-electron chi connectivity index (χ1n) is 10.7. The minimum atomic E-state index is -3.20. The number of sulfonamides is 1. The molecule has 1 aliphatic rings. The van der Waals surface area contributed by atoms with Gasteiger partial charge in [0.05, 0.1) is 17.6 Å². The second-order valence-electron chi connectivity index (χ2n) is 7.88. The summed E-state index contributed by atoms with van der Waals surface area (Å²) in [5, 5.41) is 5.33. The van der Waals surface area contributed by atoms with Gasteiger partial charge in [0.15, 0.2) is 0 Å². The van der Waals surface area contributed by atoms with E-state index in [9.17, 15) is 13.2 Å². The minimum Gasteiger partial charge on any atom is -0.334 e. The highest BCUT2D eigenvalue weighted by atomic mass is 32.2. The molecule has 0 bridgehead atoms. The van der Waals surface area contributed by atoms with E-state index in [1.165, 1.54) is 4.31 Å². The molecule has 1 aromatic heterocycles. The third-order valence-corrected chi connectivity index (χ3v) is 7.42. The van der Waals surface area contributed by atoms with Gasteiger partial charge >= 0.3 is 6.03 Å². The number of rotatable bonds is 8. The molecule has 2 aromatic rings. The zero-order valence-corrected chi connectivity index (χ0v) is 19.3. The van der Waals surface area contributed by atoms with Crippen LogP contribution in [0.3, 0.4) is 0 Å². The molecule has 174 valence electrons. The number of carbonyl (C=O) groups excluding carboxylic acids is 1. The Hall–Kier alpha value is -2.56. The lowest BCUT2D eigenvalue weighted by molar-refractivity contribution is 0.179. The van der Waals surface area contributed by atoms with Crippen LogP contribution in [0.15, 0.2) is 36.5 Å². The quantitative estimate of drug-likeness (QED) is 0.628. The summed E-state index contributed by atoms with van der Waals surface area (Å²) in [6, 6.07) is 8.22. The van der Waals surface area contributed by atoms with Gasteiger partial charge in [0.2, 0.25) is 10.0 Å². The molecule has 1 fully saturated rings. The molecule has 1 aliphatic heterocycles. The van der Waals surface area contributed by atoms with Gasteiger partial charge in [-0.05, 0) is 25.5 Å². The third kappa shape index (κ3) is 6.47. The molecule has 0 unspecified atom stereocenters.